The lowest BCUT2D eigenvalue weighted by atomic mass is 10.1. The van der Waals surface area contributed by atoms with Crippen molar-refractivity contribution in [1.82, 2.24) is 10.2 Å². The molecule has 0 amide bonds. The highest BCUT2D eigenvalue weighted by Crippen LogP contribution is 2.05. The Morgan fingerprint density at radius 2 is 1.81 bits per heavy atom. The van der Waals surface area contributed by atoms with Crippen LogP contribution in [0.5, 0.6) is 0 Å². The molecule has 0 aliphatic heterocycles. The van der Waals surface area contributed by atoms with Gasteiger partial charge in [0.15, 0.2) is 0 Å². The minimum Gasteiger partial charge on any atom is -0.315 e. The Bertz CT molecular complexity index is 151. The van der Waals surface area contributed by atoms with Crippen LogP contribution in [0.2, 0.25) is 0 Å². The van der Waals surface area contributed by atoms with Crippen molar-refractivity contribution in [2.45, 2.75) is 39.7 Å². The summed E-state index contributed by atoms with van der Waals surface area (Å²) < 4.78 is 0. The Kier molecular flexibility index (Phi) is 10.6. The number of nitrogens with zero attached hydrogens (tertiary/aromatic N) is 1. The molecular formula is C13H30N2S. The first kappa shape index (κ1) is 16.3. The van der Waals surface area contributed by atoms with Gasteiger partial charge in [-0.3, -0.25) is 0 Å². The van der Waals surface area contributed by atoms with Gasteiger partial charge in [-0.25, -0.2) is 0 Å². The van der Waals surface area contributed by atoms with E-state index in [0.717, 1.165) is 25.6 Å². The second-order valence-corrected chi connectivity index (χ2v) is 6.03. The molecule has 0 aromatic carbocycles. The highest BCUT2D eigenvalue weighted by Gasteiger charge is 2.07. The third-order valence-electron chi connectivity index (χ3n) is 3.03. The molecule has 0 aliphatic carbocycles. The fraction of sp³-hybridized carbons (Fsp3) is 1.00. The molecule has 1 N–H and O–H groups in total. The molecule has 98 valence electrons. The average Bonchev–Trinajstić information content (AvgIpc) is 2.24. The van der Waals surface area contributed by atoms with Crippen molar-refractivity contribution in [3.05, 3.63) is 0 Å². The molecular weight excluding hydrogens is 216 g/mol. The summed E-state index contributed by atoms with van der Waals surface area (Å²) in [6.45, 7) is 10.3. The maximum absolute atomic E-state index is 3.51. The van der Waals surface area contributed by atoms with E-state index >= 15 is 0 Å². The highest BCUT2D eigenvalue weighted by atomic mass is 32.2. The monoisotopic (exact) mass is 246 g/mol. The first-order chi connectivity index (χ1) is 7.57. The van der Waals surface area contributed by atoms with E-state index in [1.165, 1.54) is 18.6 Å². The zero-order chi connectivity index (χ0) is 12.4. The molecule has 3 heteroatoms. The number of nitrogens with one attached hydrogen (secondary N) is 1. The van der Waals surface area contributed by atoms with Gasteiger partial charge >= 0.3 is 0 Å². The van der Waals surface area contributed by atoms with Crippen LogP contribution >= 0.6 is 11.8 Å². The summed E-state index contributed by atoms with van der Waals surface area (Å²) >= 11 is 1.94. The number of thioether (sulfide) groups is 1. The van der Waals surface area contributed by atoms with Crippen molar-refractivity contribution in [3.63, 3.8) is 0 Å². The van der Waals surface area contributed by atoms with Gasteiger partial charge in [0, 0.05) is 19.1 Å². The largest absolute Gasteiger partial charge is 0.315 e. The Morgan fingerprint density at radius 3 is 2.38 bits per heavy atom. The molecule has 0 bridgehead atoms. The van der Waals surface area contributed by atoms with Gasteiger partial charge in [-0.1, -0.05) is 13.8 Å². The van der Waals surface area contributed by atoms with E-state index < -0.39 is 0 Å². The first-order valence-corrected chi connectivity index (χ1v) is 7.87. The maximum Gasteiger partial charge on any atom is 0.0107 e. The minimum atomic E-state index is 0.708. The molecule has 1 atom stereocenters. The zero-order valence-electron chi connectivity index (χ0n) is 11.8. The third kappa shape index (κ3) is 9.49. The predicted octanol–water partition coefficient (Wildman–Crippen LogP) is 2.70. The fourth-order valence-electron chi connectivity index (χ4n) is 1.50. The lowest BCUT2D eigenvalue weighted by Crippen LogP contribution is -2.36. The lowest BCUT2D eigenvalue weighted by Gasteiger charge is -2.24. The van der Waals surface area contributed by atoms with E-state index in [4.69, 9.17) is 0 Å². The van der Waals surface area contributed by atoms with Gasteiger partial charge in [-0.15, -0.1) is 0 Å². The van der Waals surface area contributed by atoms with Crippen LogP contribution < -0.4 is 5.32 Å². The average molecular weight is 246 g/mol. The van der Waals surface area contributed by atoms with Gasteiger partial charge in [0.2, 0.25) is 0 Å². The summed E-state index contributed by atoms with van der Waals surface area (Å²) in [7, 11) is 2.23. The van der Waals surface area contributed by atoms with Crippen LogP contribution in [0.1, 0.15) is 33.6 Å². The second-order valence-electron chi connectivity index (χ2n) is 5.04. The Labute approximate surface area is 107 Å². The van der Waals surface area contributed by atoms with E-state index in [1.807, 2.05) is 11.8 Å². The van der Waals surface area contributed by atoms with Gasteiger partial charge < -0.3 is 10.2 Å². The SMILES string of the molecule is CSCCC(C)N(C)CCNCCC(C)C. The molecule has 0 rings (SSSR count). The number of hydrogen-bond donors (Lipinski definition) is 1. The fourth-order valence-corrected chi connectivity index (χ4v) is 2.08. The quantitative estimate of drug-likeness (QED) is 0.597. The zero-order valence-corrected chi connectivity index (χ0v) is 12.6. The molecule has 16 heavy (non-hydrogen) atoms. The van der Waals surface area contributed by atoms with Gasteiger partial charge in [0.1, 0.15) is 0 Å². The number of rotatable bonds is 10. The normalized spacial score (nSPS) is 13.7. The Morgan fingerprint density at radius 1 is 1.12 bits per heavy atom. The lowest BCUT2D eigenvalue weighted by molar-refractivity contribution is 0.252. The van der Waals surface area contributed by atoms with E-state index in [9.17, 15) is 0 Å². The summed E-state index contributed by atoms with van der Waals surface area (Å²) in [5.41, 5.74) is 0. The van der Waals surface area contributed by atoms with Crippen LogP contribution in [0, 0.1) is 5.92 Å². The molecule has 0 heterocycles. The van der Waals surface area contributed by atoms with Crippen molar-refractivity contribution >= 4 is 11.8 Å². The summed E-state index contributed by atoms with van der Waals surface area (Å²) in [5.74, 6) is 2.08. The minimum absolute atomic E-state index is 0.708. The summed E-state index contributed by atoms with van der Waals surface area (Å²) in [4.78, 5) is 2.46. The van der Waals surface area contributed by atoms with Crippen LogP contribution in [-0.4, -0.2) is 49.6 Å². The molecule has 0 saturated heterocycles. The predicted molar refractivity (Wildman–Crippen MR) is 77.4 cm³/mol. The summed E-state index contributed by atoms with van der Waals surface area (Å²) in [5, 5.41) is 3.51. The molecule has 0 saturated carbocycles. The highest BCUT2D eigenvalue weighted by molar-refractivity contribution is 7.98. The molecule has 2 nitrogen and oxygen atoms in total. The Balaban J connectivity index is 3.38. The smallest absolute Gasteiger partial charge is 0.0107 e. The molecule has 0 aliphatic rings. The summed E-state index contributed by atoms with van der Waals surface area (Å²) in [6, 6.07) is 0.708. The standard InChI is InChI=1S/C13H30N2S/c1-12(2)6-8-14-9-10-15(4)13(3)7-11-16-5/h12-14H,6-11H2,1-5H3. The van der Waals surface area contributed by atoms with Crippen LogP contribution in [-0.2, 0) is 0 Å². The van der Waals surface area contributed by atoms with Crippen molar-refractivity contribution < 1.29 is 0 Å². The molecule has 0 aromatic heterocycles. The van der Waals surface area contributed by atoms with Crippen LogP contribution in [0.4, 0.5) is 0 Å². The molecule has 0 radical (unpaired) electrons. The molecule has 0 aromatic rings. The first-order valence-electron chi connectivity index (χ1n) is 6.47. The van der Waals surface area contributed by atoms with E-state index in [2.05, 4.69) is 44.3 Å². The third-order valence-corrected chi connectivity index (χ3v) is 3.68. The molecule has 1 unspecified atom stereocenters. The van der Waals surface area contributed by atoms with Crippen molar-refractivity contribution in [1.29, 1.82) is 0 Å². The number of hydrogen-bond acceptors (Lipinski definition) is 3. The Hall–Kier alpha value is 0.270. The maximum atomic E-state index is 3.51. The molecule has 0 fully saturated rings. The second kappa shape index (κ2) is 10.4. The van der Waals surface area contributed by atoms with Gasteiger partial charge in [-0.2, -0.15) is 11.8 Å². The van der Waals surface area contributed by atoms with Crippen molar-refractivity contribution in [2.24, 2.45) is 5.92 Å². The summed E-state index contributed by atoms with van der Waals surface area (Å²) in [6.07, 6.45) is 4.76. The van der Waals surface area contributed by atoms with Crippen molar-refractivity contribution in [3.8, 4) is 0 Å². The van der Waals surface area contributed by atoms with Crippen LogP contribution in [0.15, 0.2) is 0 Å². The number of likely N-dealkylation sites (N-methyl/N-ethyl adjacent to an activating group) is 1. The van der Waals surface area contributed by atoms with Crippen LogP contribution in [0.25, 0.3) is 0 Å². The van der Waals surface area contributed by atoms with E-state index in [0.29, 0.717) is 6.04 Å². The van der Waals surface area contributed by atoms with E-state index in [-0.39, 0.29) is 0 Å². The van der Waals surface area contributed by atoms with E-state index in [1.54, 1.807) is 0 Å². The van der Waals surface area contributed by atoms with Gasteiger partial charge in [0.05, 0.1) is 0 Å². The van der Waals surface area contributed by atoms with Gasteiger partial charge in [-0.05, 0) is 51.3 Å². The van der Waals surface area contributed by atoms with Crippen molar-refractivity contribution in [2.75, 3.05) is 38.7 Å². The topological polar surface area (TPSA) is 15.3 Å². The van der Waals surface area contributed by atoms with Crippen LogP contribution in [0.3, 0.4) is 0 Å². The van der Waals surface area contributed by atoms with Gasteiger partial charge in [0.25, 0.3) is 0 Å². The molecule has 0 spiro atoms.